The average Bonchev–Trinajstić information content (AvgIpc) is 3.09. The van der Waals surface area contributed by atoms with Gasteiger partial charge in [-0.05, 0) is 25.8 Å². The highest BCUT2D eigenvalue weighted by Crippen LogP contribution is 2.24. The van der Waals surface area contributed by atoms with E-state index in [1.165, 1.54) is 0 Å². The molecule has 25 heavy (non-hydrogen) atoms. The smallest absolute Gasteiger partial charge is 0.272 e. The molecule has 0 radical (unpaired) electrons. The second-order valence-electron chi connectivity index (χ2n) is 6.26. The van der Waals surface area contributed by atoms with E-state index in [2.05, 4.69) is 15.3 Å². The number of nitrogens with one attached hydrogen (secondary N) is 1. The number of carbonyl (C=O) groups excluding carboxylic acids is 2. The van der Waals surface area contributed by atoms with Crippen molar-refractivity contribution in [2.45, 2.75) is 32.2 Å². The van der Waals surface area contributed by atoms with E-state index in [0.29, 0.717) is 30.2 Å². The third kappa shape index (κ3) is 3.84. The largest absolute Gasteiger partial charge is 0.357 e. The number of aryl methyl sites for hydroxylation is 1. The third-order valence-electron chi connectivity index (χ3n) is 4.45. The number of hydrogen-bond donors (Lipinski definition) is 1. The van der Waals surface area contributed by atoms with Crippen molar-refractivity contribution >= 4 is 17.6 Å². The van der Waals surface area contributed by atoms with Crippen molar-refractivity contribution < 1.29 is 9.59 Å². The predicted octanol–water partition coefficient (Wildman–Crippen LogP) is 2.70. The zero-order valence-electron chi connectivity index (χ0n) is 14.5. The summed E-state index contributed by atoms with van der Waals surface area (Å²) < 4.78 is 0. The summed E-state index contributed by atoms with van der Waals surface area (Å²) in [5.41, 5.74) is 1.80. The summed E-state index contributed by atoms with van der Waals surface area (Å²) in [6.45, 7) is 2.49. The summed E-state index contributed by atoms with van der Waals surface area (Å²) in [4.78, 5) is 35.6. The Labute approximate surface area is 147 Å². The molecule has 0 aliphatic carbocycles. The van der Waals surface area contributed by atoms with Crippen LogP contribution < -0.4 is 5.32 Å². The molecule has 1 amide bonds. The van der Waals surface area contributed by atoms with Crippen molar-refractivity contribution in [2.75, 3.05) is 18.9 Å². The van der Waals surface area contributed by atoms with Gasteiger partial charge in [-0.1, -0.05) is 30.3 Å². The van der Waals surface area contributed by atoms with E-state index in [1.54, 1.807) is 18.0 Å². The van der Waals surface area contributed by atoms with Crippen LogP contribution in [-0.2, 0) is 0 Å². The van der Waals surface area contributed by atoms with Gasteiger partial charge in [0.15, 0.2) is 5.78 Å². The summed E-state index contributed by atoms with van der Waals surface area (Å²) >= 11 is 0. The lowest BCUT2D eigenvalue weighted by molar-refractivity contribution is 0.0711. The number of ketones is 1. The van der Waals surface area contributed by atoms with E-state index in [-0.39, 0.29) is 17.7 Å². The van der Waals surface area contributed by atoms with Crippen LogP contribution >= 0.6 is 0 Å². The number of amides is 1. The van der Waals surface area contributed by atoms with Crippen LogP contribution in [0.1, 0.15) is 45.8 Å². The minimum Gasteiger partial charge on any atom is -0.357 e. The van der Waals surface area contributed by atoms with Crippen LogP contribution in [-0.4, -0.2) is 46.2 Å². The summed E-state index contributed by atoms with van der Waals surface area (Å²) in [7, 11) is 1.72. The first-order valence-electron chi connectivity index (χ1n) is 8.51. The molecule has 6 heteroatoms. The number of carbonyl (C=O) groups is 2. The van der Waals surface area contributed by atoms with Crippen molar-refractivity contribution in [2.24, 2.45) is 0 Å². The van der Waals surface area contributed by atoms with E-state index in [4.69, 9.17) is 0 Å². The Morgan fingerprint density at radius 1 is 1.24 bits per heavy atom. The van der Waals surface area contributed by atoms with Gasteiger partial charge in [-0.15, -0.1) is 0 Å². The maximum Gasteiger partial charge on any atom is 0.272 e. The summed E-state index contributed by atoms with van der Waals surface area (Å²) in [5.74, 6) is 0.366. The minimum absolute atomic E-state index is 0.0695. The molecule has 130 valence electrons. The molecule has 1 N–H and O–H groups in total. The van der Waals surface area contributed by atoms with Crippen molar-refractivity contribution in [3.05, 3.63) is 53.3 Å². The molecule has 1 aliphatic heterocycles. The van der Waals surface area contributed by atoms with Crippen LogP contribution in [0.25, 0.3) is 0 Å². The quantitative estimate of drug-likeness (QED) is 0.849. The predicted molar refractivity (Wildman–Crippen MR) is 95.8 cm³/mol. The summed E-state index contributed by atoms with van der Waals surface area (Å²) in [6, 6.07) is 10.8. The number of aromatic nitrogens is 2. The van der Waals surface area contributed by atoms with Gasteiger partial charge in [-0.25, -0.2) is 9.97 Å². The summed E-state index contributed by atoms with van der Waals surface area (Å²) in [6.07, 6.45) is 2.09. The first-order valence-corrected chi connectivity index (χ1v) is 8.51. The van der Waals surface area contributed by atoms with Crippen LogP contribution in [0.3, 0.4) is 0 Å². The van der Waals surface area contributed by atoms with Gasteiger partial charge in [0.2, 0.25) is 5.95 Å². The highest BCUT2D eigenvalue weighted by atomic mass is 16.2. The molecule has 1 aliphatic rings. The average molecular weight is 338 g/mol. The number of rotatable bonds is 5. The number of likely N-dealkylation sites (tertiary alicyclic amines) is 1. The lowest BCUT2D eigenvalue weighted by Crippen LogP contribution is -2.37. The van der Waals surface area contributed by atoms with Gasteiger partial charge in [0.05, 0.1) is 0 Å². The lowest BCUT2D eigenvalue weighted by Gasteiger charge is -2.24. The number of anilines is 1. The Morgan fingerprint density at radius 3 is 2.72 bits per heavy atom. The number of Topliss-reactive ketones (excluding diaryl/α,β-unsaturated/α-hetero) is 1. The second kappa shape index (κ2) is 7.42. The first-order chi connectivity index (χ1) is 12.1. The Morgan fingerprint density at radius 2 is 2.00 bits per heavy atom. The molecule has 1 atom stereocenters. The van der Waals surface area contributed by atoms with Gasteiger partial charge in [-0.3, -0.25) is 9.59 Å². The third-order valence-corrected chi connectivity index (χ3v) is 4.45. The van der Waals surface area contributed by atoms with Gasteiger partial charge in [0, 0.05) is 37.3 Å². The molecule has 1 saturated heterocycles. The summed E-state index contributed by atoms with van der Waals surface area (Å²) in [5, 5.41) is 2.87. The van der Waals surface area contributed by atoms with Crippen LogP contribution in [0.15, 0.2) is 36.4 Å². The topological polar surface area (TPSA) is 75.2 Å². The van der Waals surface area contributed by atoms with Gasteiger partial charge < -0.3 is 10.2 Å². The van der Waals surface area contributed by atoms with Crippen LogP contribution in [0, 0.1) is 6.92 Å². The number of nitrogens with zero attached hydrogens (tertiary/aromatic N) is 3. The number of hydrogen-bond acceptors (Lipinski definition) is 5. The molecular formula is C19H22N4O2. The maximum atomic E-state index is 12.9. The molecule has 1 aromatic heterocycles. The Balaban J connectivity index is 1.76. The fraction of sp³-hybridized carbons (Fsp3) is 0.368. The highest BCUT2D eigenvalue weighted by Gasteiger charge is 2.32. The molecule has 1 aromatic carbocycles. The molecule has 0 spiro atoms. The van der Waals surface area contributed by atoms with Crippen LogP contribution in [0.4, 0.5) is 5.95 Å². The minimum atomic E-state index is -0.134. The Hall–Kier alpha value is -2.76. The van der Waals surface area contributed by atoms with Crippen molar-refractivity contribution in [3.8, 4) is 0 Å². The van der Waals surface area contributed by atoms with Gasteiger partial charge in [0.1, 0.15) is 5.69 Å². The normalized spacial score (nSPS) is 16.7. The first kappa shape index (κ1) is 17.1. The van der Waals surface area contributed by atoms with E-state index in [1.807, 2.05) is 37.3 Å². The zero-order valence-corrected chi connectivity index (χ0v) is 14.5. The van der Waals surface area contributed by atoms with E-state index in [0.717, 1.165) is 18.5 Å². The molecule has 2 heterocycles. The van der Waals surface area contributed by atoms with E-state index < -0.39 is 0 Å². The lowest BCUT2D eigenvalue weighted by atomic mass is 10.0. The fourth-order valence-corrected chi connectivity index (χ4v) is 3.21. The SMILES string of the molecule is CNc1nc(C)cc(C(=O)N2CCC[C@@H]2CC(=O)c2ccccc2)n1. The van der Waals surface area contributed by atoms with Crippen LogP contribution in [0.5, 0.6) is 0 Å². The standard InChI is InChI=1S/C19H22N4O2/c1-13-11-16(22-19(20-2)21-13)18(25)23-10-6-9-15(23)12-17(24)14-7-4-3-5-8-14/h3-5,7-8,11,15H,6,9-10,12H2,1-2H3,(H,20,21,22)/t15-/m1/s1. The van der Waals surface area contributed by atoms with Crippen molar-refractivity contribution in [1.29, 1.82) is 0 Å². The van der Waals surface area contributed by atoms with E-state index in [9.17, 15) is 9.59 Å². The second-order valence-corrected chi connectivity index (χ2v) is 6.26. The molecule has 1 fully saturated rings. The zero-order chi connectivity index (χ0) is 17.8. The molecule has 3 rings (SSSR count). The molecular weight excluding hydrogens is 316 g/mol. The molecule has 0 saturated carbocycles. The van der Waals surface area contributed by atoms with Crippen molar-refractivity contribution in [3.63, 3.8) is 0 Å². The Kier molecular flexibility index (Phi) is 5.07. The fourth-order valence-electron chi connectivity index (χ4n) is 3.21. The number of benzene rings is 1. The monoisotopic (exact) mass is 338 g/mol. The Bertz CT molecular complexity index is 776. The van der Waals surface area contributed by atoms with Gasteiger partial charge in [-0.2, -0.15) is 0 Å². The molecule has 2 aromatic rings. The van der Waals surface area contributed by atoms with Crippen LogP contribution in [0.2, 0.25) is 0 Å². The van der Waals surface area contributed by atoms with Gasteiger partial charge >= 0.3 is 0 Å². The molecule has 0 unspecified atom stereocenters. The molecule has 0 bridgehead atoms. The highest BCUT2D eigenvalue weighted by molar-refractivity contribution is 5.97. The molecule has 6 nitrogen and oxygen atoms in total. The van der Waals surface area contributed by atoms with Gasteiger partial charge in [0.25, 0.3) is 5.91 Å². The van der Waals surface area contributed by atoms with E-state index >= 15 is 0 Å². The van der Waals surface area contributed by atoms with Crippen molar-refractivity contribution in [1.82, 2.24) is 14.9 Å². The maximum absolute atomic E-state index is 12.9.